The Hall–Kier alpha value is -2.76. The molecule has 6 nitrogen and oxygen atoms in total. The summed E-state index contributed by atoms with van der Waals surface area (Å²) in [6.45, 7) is 0. The van der Waals surface area contributed by atoms with E-state index in [1.165, 1.54) is 5.56 Å². The molecular weight excluding hydrogens is 344 g/mol. The highest BCUT2D eigenvalue weighted by Gasteiger charge is 2.42. The Morgan fingerprint density at radius 3 is 2.56 bits per heavy atom. The van der Waals surface area contributed by atoms with Crippen LogP contribution in [-0.2, 0) is 17.6 Å². The first-order valence-corrected chi connectivity index (χ1v) is 9.20. The lowest BCUT2D eigenvalue weighted by molar-refractivity contribution is -0.134. The van der Waals surface area contributed by atoms with Gasteiger partial charge in [0.25, 0.3) is 0 Å². The summed E-state index contributed by atoms with van der Waals surface area (Å²) in [5.74, 6) is 1.80. The van der Waals surface area contributed by atoms with Crippen molar-refractivity contribution in [1.82, 2.24) is 9.88 Å². The summed E-state index contributed by atoms with van der Waals surface area (Å²) in [7, 11) is 4.73. The molecule has 1 aromatic carbocycles. The predicted molar refractivity (Wildman–Crippen MR) is 100 cm³/mol. The van der Waals surface area contributed by atoms with Crippen LogP contribution < -0.4 is 14.2 Å². The highest BCUT2D eigenvalue weighted by molar-refractivity contribution is 5.81. The van der Waals surface area contributed by atoms with Gasteiger partial charge >= 0.3 is 0 Å². The van der Waals surface area contributed by atoms with E-state index < -0.39 is 0 Å². The third kappa shape index (κ3) is 2.99. The molecule has 4 rings (SSSR count). The first kappa shape index (κ1) is 17.6. The van der Waals surface area contributed by atoms with Crippen molar-refractivity contribution in [3.05, 3.63) is 47.3 Å². The van der Waals surface area contributed by atoms with Crippen molar-refractivity contribution in [2.24, 2.45) is 0 Å². The lowest BCUT2D eigenvalue weighted by Crippen LogP contribution is -2.42. The normalized spacial score (nSPS) is 20.2. The molecule has 0 radical (unpaired) electrons. The summed E-state index contributed by atoms with van der Waals surface area (Å²) in [5, 5.41) is 0. The zero-order valence-electron chi connectivity index (χ0n) is 15.9. The maximum Gasteiger partial charge on any atom is 0.227 e. The number of fused-ring (bicyclic) bond motifs is 4. The molecule has 2 aliphatic heterocycles. The Bertz CT molecular complexity index is 842. The number of amides is 1. The van der Waals surface area contributed by atoms with Crippen molar-refractivity contribution in [3.63, 3.8) is 0 Å². The van der Waals surface area contributed by atoms with E-state index >= 15 is 0 Å². The third-order valence-electron chi connectivity index (χ3n) is 5.58. The number of pyridine rings is 1. The van der Waals surface area contributed by atoms with Crippen molar-refractivity contribution in [2.45, 2.75) is 37.8 Å². The number of methoxy groups -OCH3 is 3. The first-order chi connectivity index (χ1) is 13.2. The molecule has 2 aliphatic rings. The van der Waals surface area contributed by atoms with Crippen LogP contribution in [0.1, 0.15) is 35.7 Å². The second-order valence-electron chi connectivity index (χ2n) is 7.00. The average molecular weight is 368 g/mol. The minimum Gasteiger partial charge on any atom is -0.493 e. The van der Waals surface area contributed by atoms with Crippen LogP contribution in [-0.4, -0.2) is 43.2 Å². The van der Waals surface area contributed by atoms with Crippen molar-refractivity contribution in [1.29, 1.82) is 0 Å². The summed E-state index contributed by atoms with van der Waals surface area (Å²) in [4.78, 5) is 19.8. The molecule has 27 heavy (non-hydrogen) atoms. The molecule has 0 spiro atoms. The zero-order chi connectivity index (χ0) is 19.0. The largest absolute Gasteiger partial charge is 0.493 e. The Morgan fingerprint density at radius 2 is 1.89 bits per heavy atom. The summed E-state index contributed by atoms with van der Waals surface area (Å²) in [6, 6.07) is 8.14. The predicted octanol–water partition coefficient (Wildman–Crippen LogP) is 2.94. The number of hydrogen-bond donors (Lipinski definition) is 0. The summed E-state index contributed by atoms with van der Waals surface area (Å²) in [6.07, 6.45) is 5.02. The monoisotopic (exact) mass is 368 g/mol. The summed E-state index contributed by atoms with van der Waals surface area (Å²) < 4.78 is 16.2. The van der Waals surface area contributed by atoms with Crippen LogP contribution >= 0.6 is 0 Å². The van der Waals surface area contributed by atoms with E-state index in [-0.39, 0.29) is 18.0 Å². The molecule has 0 aliphatic carbocycles. The average Bonchev–Trinajstić information content (AvgIpc) is 3.02. The van der Waals surface area contributed by atoms with Gasteiger partial charge in [-0.15, -0.1) is 0 Å². The van der Waals surface area contributed by atoms with E-state index in [2.05, 4.69) is 16.0 Å². The Labute approximate surface area is 159 Å². The molecule has 0 N–H and O–H groups in total. The molecule has 6 heteroatoms. The second kappa shape index (κ2) is 7.10. The van der Waals surface area contributed by atoms with E-state index in [4.69, 9.17) is 14.2 Å². The third-order valence-corrected chi connectivity index (χ3v) is 5.58. The minimum absolute atomic E-state index is 0.131. The van der Waals surface area contributed by atoms with Gasteiger partial charge in [-0.1, -0.05) is 6.07 Å². The van der Waals surface area contributed by atoms with Crippen LogP contribution in [0.3, 0.4) is 0 Å². The Balaban J connectivity index is 1.60. The number of aromatic nitrogens is 1. The van der Waals surface area contributed by atoms with Crippen LogP contribution in [0.15, 0.2) is 30.5 Å². The van der Waals surface area contributed by atoms with Gasteiger partial charge in [-0.05, 0) is 42.2 Å². The molecule has 0 unspecified atom stereocenters. The van der Waals surface area contributed by atoms with Gasteiger partial charge in [0.1, 0.15) is 0 Å². The molecule has 1 aromatic heterocycles. The van der Waals surface area contributed by atoms with Crippen molar-refractivity contribution < 1.29 is 19.0 Å². The molecule has 1 amide bonds. The van der Waals surface area contributed by atoms with Crippen molar-refractivity contribution in [2.75, 3.05) is 21.3 Å². The van der Waals surface area contributed by atoms with Crippen molar-refractivity contribution in [3.8, 4) is 17.2 Å². The van der Waals surface area contributed by atoms with Gasteiger partial charge in [0.15, 0.2) is 11.5 Å². The molecule has 0 saturated carbocycles. The van der Waals surface area contributed by atoms with Crippen LogP contribution in [0.4, 0.5) is 0 Å². The SMILES string of the molecule is COc1cc(CC(=O)N2[C@@H]3CC[C@H]2c2cccnc2C3)cc(OC)c1OC. The Morgan fingerprint density at radius 1 is 1.15 bits per heavy atom. The van der Waals surface area contributed by atoms with Crippen LogP contribution in [0.25, 0.3) is 0 Å². The quantitative estimate of drug-likeness (QED) is 0.812. The van der Waals surface area contributed by atoms with Gasteiger partial charge in [-0.25, -0.2) is 0 Å². The van der Waals surface area contributed by atoms with E-state index in [1.807, 2.05) is 24.4 Å². The first-order valence-electron chi connectivity index (χ1n) is 9.20. The fourth-order valence-corrected chi connectivity index (χ4v) is 4.42. The van der Waals surface area contributed by atoms with E-state index in [9.17, 15) is 4.79 Å². The molecular formula is C21H24N2O4. The fraction of sp³-hybridized carbons (Fsp3) is 0.429. The maximum atomic E-state index is 13.2. The van der Waals surface area contributed by atoms with E-state index in [0.29, 0.717) is 23.7 Å². The smallest absolute Gasteiger partial charge is 0.227 e. The van der Waals surface area contributed by atoms with Crippen LogP contribution in [0.5, 0.6) is 17.2 Å². The maximum absolute atomic E-state index is 13.2. The lowest BCUT2D eigenvalue weighted by Gasteiger charge is -2.36. The summed E-state index contributed by atoms with van der Waals surface area (Å²) in [5.41, 5.74) is 3.19. The van der Waals surface area contributed by atoms with Crippen molar-refractivity contribution >= 4 is 5.91 Å². The Kier molecular flexibility index (Phi) is 4.64. The lowest BCUT2D eigenvalue weighted by atomic mass is 9.97. The molecule has 2 bridgehead atoms. The molecule has 142 valence electrons. The fourth-order valence-electron chi connectivity index (χ4n) is 4.42. The van der Waals surface area contributed by atoms with Gasteiger partial charge in [-0.2, -0.15) is 0 Å². The standard InChI is InChI=1S/C21H24N2O4/c1-25-18-9-13(10-19(26-2)21(18)27-3)11-20(24)23-14-6-7-17(23)15-5-4-8-22-16(15)12-14/h4-5,8-10,14,17H,6-7,11-12H2,1-3H3/t14-,17+/m1/s1. The number of hydrogen-bond acceptors (Lipinski definition) is 5. The number of carbonyl (C=O) groups is 1. The number of ether oxygens (including phenoxy) is 3. The van der Waals surface area contributed by atoms with Gasteiger partial charge in [0.05, 0.1) is 33.8 Å². The number of nitrogens with zero attached hydrogens (tertiary/aromatic N) is 2. The zero-order valence-corrected chi connectivity index (χ0v) is 15.9. The molecule has 1 fully saturated rings. The van der Waals surface area contributed by atoms with E-state index in [1.54, 1.807) is 21.3 Å². The van der Waals surface area contributed by atoms with Crippen LogP contribution in [0, 0.1) is 0 Å². The molecule has 2 aromatic rings. The molecule has 2 atom stereocenters. The highest BCUT2D eigenvalue weighted by atomic mass is 16.5. The van der Waals surface area contributed by atoms with Crippen LogP contribution in [0.2, 0.25) is 0 Å². The number of carbonyl (C=O) groups excluding carboxylic acids is 1. The highest BCUT2D eigenvalue weighted by Crippen LogP contribution is 2.44. The van der Waals surface area contributed by atoms with Gasteiger partial charge in [0.2, 0.25) is 11.7 Å². The number of benzene rings is 1. The van der Waals surface area contributed by atoms with Gasteiger partial charge in [-0.3, -0.25) is 9.78 Å². The molecule has 1 saturated heterocycles. The minimum atomic E-state index is 0.131. The summed E-state index contributed by atoms with van der Waals surface area (Å²) >= 11 is 0. The number of rotatable bonds is 5. The second-order valence-corrected chi connectivity index (χ2v) is 7.00. The molecule has 3 heterocycles. The van der Waals surface area contributed by atoms with Gasteiger partial charge < -0.3 is 19.1 Å². The van der Waals surface area contributed by atoms with E-state index in [0.717, 1.165) is 30.5 Å². The van der Waals surface area contributed by atoms with Gasteiger partial charge in [0, 0.05) is 24.4 Å². The topological polar surface area (TPSA) is 60.9 Å².